The Kier molecular flexibility index (Phi) is 4.64. The van der Waals surface area contributed by atoms with Crippen LogP contribution < -0.4 is 5.73 Å². The van der Waals surface area contributed by atoms with E-state index in [2.05, 4.69) is 0 Å². The van der Waals surface area contributed by atoms with E-state index in [1.54, 1.807) is 4.90 Å². The van der Waals surface area contributed by atoms with E-state index in [1.165, 1.54) is 6.07 Å². The zero-order chi connectivity index (χ0) is 15.6. The number of piperidine rings is 1. The minimum absolute atomic E-state index is 0.00204. The summed E-state index contributed by atoms with van der Waals surface area (Å²) in [4.78, 5) is 24.2. The molecule has 1 aliphatic heterocycles. The molecular formula is C13H16ClN3O4. The van der Waals surface area contributed by atoms with E-state index in [0.717, 1.165) is 6.07 Å². The van der Waals surface area contributed by atoms with Gasteiger partial charge in [-0.15, -0.1) is 0 Å². The third kappa shape index (κ3) is 3.25. The molecule has 0 atom stereocenters. The SMILES string of the molecule is Nc1c(Cl)cc(C(=O)N2CCC(CO)CC2)cc1[N+](=O)[O-]. The lowest BCUT2D eigenvalue weighted by Crippen LogP contribution is -2.39. The summed E-state index contributed by atoms with van der Waals surface area (Å²) in [6, 6.07) is 2.51. The second kappa shape index (κ2) is 6.28. The molecule has 8 heteroatoms. The van der Waals surface area contributed by atoms with Crippen molar-refractivity contribution in [2.24, 2.45) is 5.92 Å². The summed E-state index contributed by atoms with van der Waals surface area (Å²) >= 11 is 5.86. The normalized spacial score (nSPS) is 16.0. The van der Waals surface area contributed by atoms with Crippen molar-refractivity contribution in [3.63, 3.8) is 0 Å². The fourth-order valence-corrected chi connectivity index (χ4v) is 2.59. The third-order valence-electron chi connectivity index (χ3n) is 3.71. The van der Waals surface area contributed by atoms with Crippen LogP contribution in [0.15, 0.2) is 12.1 Å². The maximum absolute atomic E-state index is 12.4. The Morgan fingerprint density at radius 3 is 2.62 bits per heavy atom. The Hall–Kier alpha value is -1.86. The highest BCUT2D eigenvalue weighted by atomic mass is 35.5. The maximum atomic E-state index is 12.4. The van der Waals surface area contributed by atoms with Crippen molar-refractivity contribution < 1.29 is 14.8 Å². The number of hydrogen-bond donors (Lipinski definition) is 2. The Balaban J connectivity index is 2.22. The molecule has 0 aromatic heterocycles. The molecule has 3 N–H and O–H groups in total. The number of nitro benzene ring substituents is 1. The molecule has 0 radical (unpaired) electrons. The molecule has 2 rings (SSSR count). The highest BCUT2D eigenvalue weighted by molar-refractivity contribution is 6.34. The molecule has 114 valence electrons. The van der Waals surface area contributed by atoms with E-state index in [9.17, 15) is 14.9 Å². The summed E-state index contributed by atoms with van der Waals surface area (Å²) in [6.07, 6.45) is 1.43. The van der Waals surface area contributed by atoms with Crippen LogP contribution in [0.25, 0.3) is 0 Å². The largest absolute Gasteiger partial charge is 0.396 e. The molecular weight excluding hydrogens is 298 g/mol. The fourth-order valence-electron chi connectivity index (χ4n) is 2.38. The first kappa shape index (κ1) is 15.5. The van der Waals surface area contributed by atoms with Crippen molar-refractivity contribution in [2.45, 2.75) is 12.8 Å². The van der Waals surface area contributed by atoms with E-state index in [-0.39, 0.29) is 40.4 Å². The summed E-state index contributed by atoms with van der Waals surface area (Å²) in [5, 5.41) is 20.0. The zero-order valence-corrected chi connectivity index (χ0v) is 12.0. The van der Waals surface area contributed by atoms with Crippen LogP contribution >= 0.6 is 11.6 Å². The smallest absolute Gasteiger partial charge is 0.294 e. The quantitative estimate of drug-likeness (QED) is 0.501. The lowest BCUT2D eigenvalue weighted by atomic mass is 9.97. The molecule has 1 aromatic rings. The van der Waals surface area contributed by atoms with Gasteiger partial charge >= 0.3 is 0 Å². The van der Waals surface area contributed by atoms with Gasteiger partial charge in [-0.05, 0) is 24.8 Å². The maximum Gasteiger partial charge on any atom is 0.294 e. The number of likely N-dealkylation sites (tertiary alicyclic amines) is 1. The Bertz CT molecular complexity index is 571. The van der Waals surface area contributed by atoms with Crippen molar-refractivity contribution in [1.82, 2.24) is 4.90 Å². The van der Waals surface area contributed by atoms with Crippen molar-refractivity contribution in [2.75, 3.05) is 25.4 Å². The van der Waals surface area contributed by atoms with E-state index < -0.39 is 4.92 Å². The van der Waals surface area contributed by atoms with E-state index in [0.29, 0.717) is 25.9 Å². The summed E-state index contributed by atoms with van der Waals surface area (Å²) in [5.74, 6) is -0.102. The number of halogens is 1. The van der Waals surface area contributed by atoms with Gasteiger partial charge in [0.05, 0.1) is 9.95 Å². The van der Waals surface area contributed by atoms with Gasteiger partial charge in [0.25, 0.3) is 11.6 Å². The Labute approximate surface area is 126 Å². The summed E-state index contributed by atoms with van der Waals surface area (Å²) < 4.78 is 0. The Morgan fingerprint density at radius 1 is 1.48 bits per heavy atom. The number of benzene rings is 1. The van der Waals surface area contributed by atoms with Crippen molar-refractivity contribution >= 4 is 28.9 Å². The topological polar surface area (TPSA) is 110 Å². The molecule has 7 nitrogen and oxygen atoms in total. The predicted octanol–water partition coefficient (Wildman–Crippen LogP) is 1.67. The second-order valence-corrected chi connectivity index (χ2v) is 5.47. The van der Waals surface area contributed by atoms with Gasteiger partial charge in [0.2, 0.25) is 0 Å². The van der Waals surface area contributed by atoms with E-state index >= 15 is 0 Å². The van der Waals surface area contributed by atoms with Crippen molar-refractivity contribution in [1.29, 1.82) is 0 Å². The zero-order valence-electron chi connectivity index (χ0n) is 11.3. The molecule has 0 aliphatic carbocycles. The van der Waals surface area contributed by atoms with Gasteiger partial charge in [0.1, 0.15) is 5.69 Å². The molecule has 1 aliphatic rings. The van der Waals surface area contributed by atoms with Crippen molar-refractivity contribution in [3.05, 3.63) is 32.8 Å². The molecule has 0 spiro atoms. The molecule has 1 amide bonds. The van der Waals surface area contributed by atoms with Gasteiger partial charge in [0.15, 0.2) is 0 Å². The number of carbonyl (C=O) groups is 1. The van der Waals surface area contributed by atoms with Gasteiger partial charge in [-0.2, -0.15) is 0 Å². The van der Waals surface area contributed by atoms with Gasteiger partial charge < -0.3 is 15.7 Å². The van der Waals surface area contributed by atoms with Gasteiger partial charge in [-0.1, -0.05) is 11.6 Å². The summed E-state index contributed by atoms with van der Waals surface area (Å²) in [5.41, 5.74) is 5.19. The van der Waals surface area contributed by atoms with Crippen LogP contribution in [0, 0.1) is 16.0 Å². The number of nitrogens with two attached hydrogens (primary N) is 1. The molecule has 1 heterocycles. The second-order valence-electron chi connectivity index (χ2n) is 5.07. The fraction of sp³-hybridized carbons (Fsp3) is 0.462. The predicted molar refractivity (Wildman–Crippen MR) is 78.2 cm³/mol. The number of aliphatic hydroxyl groups is 1. The molecule has 1 aromatic carbocycles. The first-order valence-corrected chi connectivity index (χ1v) is 6.95. The lowest BCUT2D eigenvalue weighted by molar-refractivity contribution is -0.383. The number of anilines is 1. The van der Waals surface area contributed by atoms with Crippen LogP contribution in [0.2, 0.25) is 5.02 Å². The lowest BCUT2D eigenvalue weighted by Gasteiger charge is -2.31. The van der Waals surface area contributed by atoms with E-state index in [1.807, 2.05) is 0 Å². The van der Waals surface area contributed by atoms with Gasteiger partial charge in [-0.25, -0.2) is 0 Å². The number of nitrogen functional groups attached to an aromatic ring is 1. The van der Waals surface area contributed by atoms with Crippen LogP contribution in [0.1, 0.15) is 23.2 Å². The number of aliphatic hydroxyl groups excluding tert-OH is 1. The third-order valence-corrected chi connectivity index (χ3v) is 4.02. The Morgan fingerprint density at radius 2 is 2.10 bits per heavy atom. The van der Waals surface area contributed by atoms with E-state index in [4.69, 9.17) is 22.4 Å². The number of nitro groups is 1. The molecule has 1 fully saturated rings. The van der Waals surface area contributed by atoms with Gasteiger partial charge in [0, 0.05) is 31.3 Å². The minimum atomic E-state index is -0.657. The van der Waals surface area contributed by atoms with Crippen LogP contribution in [0.5, 0.6) is 0 Å². The standard InChI is InChI=1S/C13H16ClN3O4/c14-10-5-9(6-11(12(10)15)17(20)21)13(19)16-3-1-8(7-18)2-4-16/h5-6,8,18H,1-4,7,15H2. The summed E-state index contributed by atoms with van der Waals surface area (Å²) in [6.45, 7) is 1.14. The minimum Gasteiger partial charge on any atom is -0.396 e. The average molecular weight is 314 g/mol. The molecule has 0 bridgehead atoms. The number of rotatable bonds is 3. The van der Waals surface area contributed by atoms with Gasteiger partial charge in [-0.3, -0.25) is 14.9 Å². The number of hydrogen-bond acceptors (Lipinski definition) is 5. The average Bonchev–Trinajstić information content (AvgIpc) is 2.49. The molecule has 0 unspecified atom stereocenters. The first-order chi connectivity index (χ1) is 9.93. The molecule has 21 heavy (non-hydrogen) atoms. The van der Waals surface area contributed by atoms with Crippen LogP contribution in [0.3, 0.4) is 0 Å². The number of carbonyl (C=O) groups excluding carboxylic acids is 1. The highest BCUT2D eigenvalue weighted by Gasteiger charge is 2.26. The number of amides is 1. The molecule has 0 saturated carbocycles. The van der Waals surface area contributed by atoms with Crippen LogP contribution in [-0.2, 0) is 0 Å². The highest BCUT2D eigenvalue weighted by Crippen LogP contribution is 2.31. The first-order valence-electron chi connectivity index (χ1n) is 6.57. The van der Waals surface area contributed by atoms with Crippen LogP contribution in [0.4, 0.5) is 11.4 Å². The number of nitrogens with zero attached hydrogens (tertiary/aromatic N) is 2. The van der Waals surface area contributed by atoms with Crippen LogP contribution in [-0.4, -0.2) is 40.5 Å². The molecule has 1 saturated heterocycles. The monoisotopic (exact) mass is 313 g/mol. The van der Waals surface area contributed by atoms with Crippen molar-refractivity contribution in [3.8, 4) is 0 Å². The summed E-state index contributed by atoms with van der Waals surface area (Å²) in [7, 11) is 0.